The summed E-state index contributed by atoms with van der Waals surface area (Å²) in [7, 11) is 3.95. The fraction of sp³-hybridized carbons (Fsp3) is 0.667. The summed E-state index contributed by atoms with van der Waals surface area (Å²) in [6.07, 6.45) is 3.83. The highest BCUT2D eigenvalue weighted by atomic mass is 15.2. The molecule has 0 saturated carbocycles. The van der Waals surface area contributed by atoms with Gasteiger partial charge < -0.3 is 10.2 Å². The summed E-state index contributed by atoms with van der Waals surface area (Å²) in [4.78, 5) is 10.8. The number of aromatic nitrogens is 2. The summed E-state index contributed by atoms with van der Waals surface area (Å²) in [5, 5.41) is 3.11. The summed E-state index contributed by atoms with van der Waals surface area (Å²) in [5.74, 6) is 0.781. The van der Waals surface area contributed by atoms with Crippen molar-refractivity contribution in [1.82, 2.24) is 15.3 Å². The molecule has 4 heteroatoms. The number of hydrogen-bond acceptors (Lipinski definition) is 4. The van der Waals surface area contributed by atoms with Crippen LogP contribution >= 0.6 is 0 Å². The van der Waals surface area contributed by atoms with Crippen molar-refractivity contribution in [3.05, 3.63) is 18.0 Å². The third-order valence-corrected chi connectivity index (χ3v) is 2.54. The summed E-state index contributed by atoms with van der Waals surface area (Å²) >= 11 is 0. The van der Waals surface area contributed by atoms with E-state index < -0.39 is 0 Å². The molecule has 16 heavy (non-hydrogen) atoms. The monoisotopic (exact) mass is 222 g/mol. The Balaban J connectivity index is 2.71. The SMILES string of the molecule is CNCCN(C)c1ncc(C(C)(C)C)cn1. The smallest absolute Gasteiger partial charge is 0.225 e. The summed E-state index contributed by atoms with van der Waals surface area (Å²) in [5.41, 5.74) is 1.28. The van der Waals surface area contributed by atoms with E-state index in [1.807, 2.05) is 31.4 Å². The minimum absolute atomic E-state index is 0.113. The lowest BCUT2D eigenvalue weighted by Crippen LogP contribution is -2.28. The second kappa shape index (κ2) is 5.25. The van der Waals surface area contributed by atoms with Gasteiger partial charge >= 0.3 is 0 Å². The van der Waals surface area contributed by atoms with E-state index >= 15 is 0 Å². The lowest BCUT2D eigenvalue weighted by Gasteiger charge is -2.20. The summed E-state index contributed by atoms with van der Waals surface area (Å²) in [6, 6.07) is 0. The molecule has 0 amide bonds. The quantitative estimate of drug-likeness (QED) is 0.836. The minimum Gasteiger partial charge on any atom is -0.343 e. The van der Waals surface area contributed by atoms with Gasteiger partial charge in [-0.1, -0.05) is 20.8 Å². The van der Waals surface area contributed by atoms with Crippen LogP contribution in [0.4, 0.5) is 5.95 Å². The van der Waals surface area contributed by atoms with Crippen LogP contribution in [0.25, 0.3) is 0 Å². The molecule has 0 bridgehead atoms. The molecule has 0 aromatic carbocycles. The van der Waals surface area contributed by atoms with Crippen LogP contribution in [-0.2, 0) is 5.41 Å². The van der Waals surface area contributed by atoms with Gasteiger partial charge in [0, 0.05) is 32.5 Å². The predicted octanol–water partition coefficient (Wildman–Crippen LogP) is 1.43. The minimum atomic E-state index is 0.113. The van der Waals surface area contributed by atoms with Crippen LogP contribution < -0.4 is 10.2 Å². The maximum Gasteiger partial charge on any atom is 0.225 e. The molecule has 0 unspecified atom stereocenters. The molecule has 0 spiro atoms. The van der Waals surface area contributed by atoms with Gasteiger partial charge in [-0.25, -0.2) is 9.97 Å². The van der Waals surface area contributed by atoms with Gasteiger partial charge in [-0.15, -0.1) is 0 Å². The maximum absolute atomic E-state index is 4.39. The zero-order chi connectivity index (χ0) is 12.2. The average Bonchev–Trinajstić information content (AvgIpc) is 2.25. The average molecular weight is 222 g/mol. The Morgan fingerprint density at radius 3 is 2.25 bits per heavy atom. The Hall–Kier alpha value is -1.16. The van der Waals surface area contributed by atoms with Crippen molar-refractivity contribution in [3.63, 3.8) is 0 Å². The van der Waals surface area contributed by atoms with E-state index in [1.165, 1.54) is 5.56 Å². The van der Waals surface area contributed by atoms with Gasteiger partial charge in [0.15, 0.2) is 0 Å². The van der Waals surface area contributed by atoms with Crippen molar-refractivity contribution < 1.29 is 0 Å². The van der Waals surface area contributed by atoms with Crippen LogP contribution in [0.1, 0.15) is 26.3 Å². The van der Waals surface area contributed by atoms with Gasteiger partial charge in [0.1, 0.15) is 0 Å². The standard InChI is InChI=1S/C12H22N4/c1-12(2,3)10-8-14-11(15-9-10)16(5)7-6-13-4/h8-9,13H,6-7H2,1-5H3. The normalized spacial score (nSPS) is 11.6. The highest BCUT2D eigenvalue weighted by Crippen LogP contribution is 2.20. The highest BCUT2D eigenvalue weighted by Gasteiger charge is 2.14. The molecular formula is C12H22N4. The number of hydrogen-bond donors (Lipinski definition) is 1. The molecule has 90 valence electrons. The zero-order valence-corrected chi connectivity index (χ0v) is 10.9. The fourth-order valence-electron chi connectivity index (χ4n) is 1.29. The van der Waals surface area contributed by atoms with Gasteiger partial charge in [0.25, 0.3) is 0 Å². The van der Waals surface area contributed by atoms with Gasteiger partial charge in [-0.2, -0.15) is 0 Å². The van der Waals surface area contributed by atoms with E-state index in [1.54, 1.807) is 0 Å². The Labute approximate surface area is 98.1 Å². The molecule has 1 heterocycles. The van der Waals surface area contributed by atoms with Gasteiger partial charge in [0.05, 0.1) is 0 Å². The van der Waals surface area contributed by atoms with Crippen LogP contribution in [0.5, 0.6) is 0 Å². The third kappa shape index (κ3) is 3.45. The van der Waals surface area contributed by atoms with Crippen LogP contribution in [0.2, 0.25) is 0 Å². The summed E-state index contributed by atoms with van der Waals surface area (Å²) in [6.45, 7) is 8.33. The maximum atomic E-state index is 4.39. The number of likely N-dealkylation sites (N-methyl/N-ethyl adjacent to an activating group) is 2. The van der Waals surface area contributed by atoms with Crippen molar-refractivity contribution in [2.45, 2.75) is 26.2 Å². The molecule has 0 aliphatic rings. The third-order valence-electron chi connectivity index (χ3n) is 2.54. The first kappa shape index (κ1) is 12.9. The Kier molecular flexibility index (Phi) is 4.24. The van der Waals surface area contributed by atoms with Gasteiger partial charge in [-0.3, -0.25) is 0 Å². The molecule has 0 saturated heterocycles. The summed E-state index contributed by atoms with van der Waals surface area (Å²) < 4.78 is 0. The molecule has 1 aromatic heterocycles. The first-order valence-corrected chi connectivity index (χ1v) is 5.63. The number of nitrogens with zero attached hydrogens (tertiary/aromatic N) is 3. The van der Waals surface area contributed by atoms with E-state index in [4.69, 9.17) is 0 Å². The topological polar surface area (TPSA) is 41.0 Å². The molecule has 0 fully saturated rings. The molecule has 0 atom stereocenters. The van der Waals surface area contributed by atoms with E-state index in [-0.39, 0.29) is 5.41 Å². The second-order valence-corrected chi connectivity index (χ2v) is 5.05. The Morgan fingerprint density at radius 2 is 1.81 bits per heavy atom. The molecule has 0 radical (unpaired) electrons. The van der Waals surface area contributed by atoms with E-state index in [9.17, 15) is 0 Å². The molecule has 0 aliphatic heterocycles. The van der Waals surface area contributed by atoms with E-state index in [0.717, 1.165) is 19.0 Å². The van der Waals surface area contributed by atoms with Crippen molar-refractivity contribution in [1.29, 1.82) is 0 Å². The van der Waals surface area contributed by atoms with Crippen LogP contribution in [-0.4, -0.2) is 37.2 Å². The predicted molar refractivity (Wildman–Crippen MR) is 67.9 cm³/mol. The second-order valence-electron chi connectivity index (χ2n) is 5.05. The van der Waals surface area contributed by atoms with E-state index in [2.05, 4.69) is 36.1 Å². The molecular weight excluding hydrogens is 200 g/mol. The lowest BCUT2D eigenvalue weighted by atomic mass is 9.89. The fourth-order valence-corrected chi connectivity index (χ4v) is 1.29. The van der Waals surface area contributed by atoms with E-state index in [0.29, 0.717) is 0 Å². The van der Waals surface area contributed by atoms with Crippen molar-refractivity contribution in [2.75, 3.05) is 32.1 Å². The Bertz CT molecular complexity index is 313. The Morgan fingerprint density at radius 1 is 1.25 bits per heavy atom. The molecule has 1 rings (SSSR count). The molecule has 1 aromatic rings. The largest absolute Gasteiger partial charge is 0.343 e. The zero-order valence-electron chi connectivity index (χ0n) is 10.9. The molecule has 0 aliphatic carbocycles. The van der Waals surface area contributed by atoms with Gasteiger partial charge in [0.2, 0.25) is 5.95 Å². The number of nitrogens with one attached hydrogen (secondary N) is 1. The molecule has 4 nitrogen and oxygen atoms in total. The van der Waals surface area contributed by atoms with Crippen molar-refractivity contribution in [2.24, 2.45) is 0 Å². The van der Waals surface area contributed by atoms with Crippen molar-refractivity contribution in [3.8, 4) is 0 Å². The van der Waals surface area contributed by atoms with Crippen molar-refractivity contribution >= 4 is 5.95 Å². The highest BCUT2D eigenvalue weighted by molar-refractivity contribution is 5.30. The first-order chi connectivity index (χ1) is 7.45. The van der Waals surface area contributed by atoms with Crippen LogP contribution in [0, 0.1) is 0 Å². The lowest BCUT2D eigenvalue weighted by molar-refractivity contribution is 0.583. The van der Waals surface area contributed by atoms with Crippen LogP contribution in [0.3, 0.4) is 0 Å². The van der Waals surface area contributed by atoms with Gasteiger partial charge in [-0.05, 0) is 18.0 Å². The number of anilines is 1. The molecule has 1 N–H and O–H groups in total. The van der Waals surface area contributed by atoms with Crippen LogP contribution in [0.15, 0.2) is 12.4 Å². The number of rotatable bonds is 4. The first-order valence-electron chi connectivity index (χ1n) is 5.63.